The van der Waals surface area contributed by atoms with Crippen LogP contribution >= 0.6 is 40.3 Å². The number of halogens is 2. The maximum atomic E-state index is 5.57. The molecule has 0 unspecified atom stereocenters. The lowest BCUT2D eigenvalue weighted by atomic mass is 10.4. The lowest BCUT2D eigenvalue weighted by molar-refractivity contribution is 0.179. The number of hydrogen-bond acceptors (Lipinski definition) is 5. The molecule has 0 N–H and O–H groups in total. The number of alkyl halides is 2. The summed E-state index contributed by atoms with van der Waals surface area (Å²) in [6, 6.07) is 0. The molecule has 0 spiro atoms. The molecule has 0 bridgehead atoms. The first-order valence-corrected chi connectivity index (χ1v) is 10.7. The molecule has 0 heterocycles. The quantitative estimate of drug-likeness (QED) is 0.229. The first-order valence-electron chi connectivity index (χ1n) is 5.42. The van der Waals surface area contributed by atoms with E-state index in [1.54, 1.807) is 0 Å². The minimum atomic E-state index is -2.34. The van der Waals surface area contributed by atoms with Gasteiger partial charge in [-0.25, -0.2) is 0 Å². The molecule has 0 aliphatic carbocycles. The zero-order valence-electron chi connectivity index (χ0n) is 9.90. The summed E-state index contributed by atoms with van der Waals surface area (Å²) in [6.07, 6.45) is 2.17. The maximum absolute atomic E-state index is 5.57. The third-order valence-corrected chi connectivity index (χ3v) is 6.96. The molecule has 0 aliphatic rings. The monoisotopic (exact) mass is 340 g/mol. The van der Waals surface area contributed by atoms with E-state index in [9.17, 15) is 0 Å². The molecule has 0 saturated heterocycles. The van der Waals surface area contributed by atoms with E-state index < -0.39 is 5.69 Å². The molecule has 0 saturated carbocycles. The molecular weight excluding hydrogens is 322 g/mol. The highest BCUT2D eigenvalue weighted by Crippen LogP contribution is 2.60. The largest absolute Gasteiger partial charge is 0.370 e. The van der Waals surface area contributed by atoms with Gasteiger partial charge < -0.3 is 13.8 Å². The average Bonchev–Trinajstić information content (AvgIpc) is 2.34. The van der Waals surface area contributed by atoms with E-state index in [4.69, 9.17) is 48.8 Å². The molecule has 0 rings (SSSR count). The zero-order valence-corrected chi connectivity index (χ0v) is 13.9. The standard InChI is InChI=1S/C9H19Cl2O3PS2/c1-2-3-6-12-9-17-15(16,13-7-4-10)14-8-5-11/h2-9H2,1H3. The maximum Gasteiger partial charge on any atom is 0.249 e. The molecule has 3 nitrogen and oxygen atoms in total. The van der Waals surface area contributed by atoms with Crippen LogP contribution in [0.15, 0.2) is 0 Å². The van der Waals surface area contributed by atoms with Crippen molar-refractivity contribution in [2.75, 3.05) is 37.5 Å². The molecule has 0 aromatic heterocycles. The van der Waals surface area contributed by atoms with Gasteiger partial charge in [0.15, 0.2) is 0 Å². The number of unbranched alkanes of at least 4 members (excludes halogenated alkanes) is 1. The van der Waals surface area contributed by atoms with Gasteiger partial charge in [-0.05, 0) is 29.6 Å². The minimum absolute atomic E-state index is 0.392. The van der Waals surface area contributed by atoms with Gasteiger partial charge in [-0.2, -0.15) is 0 Å². The molecule has 0 atom stereocenters. The topological polar surface area (TPSA) is 27.7 Å². The number of hydrogen-bond donors (Lipinski definition) is 0. The Morgan fingerprint density at radius 2 is 1.71 bits per heavy atom. The minimum Gasteiger partial charge on any atom is -0.370 e. The Morgan fingerprint density at radius 3 is 2.18 bits per heavy atom. The molecule has 0 aromatic carbocycles. The van der Waals surface area contributed by atoms with Crippen molar-refractivity contribution in [1.29, 1.82) is 0 Å². The Balaban J connectivity index is 3.87. The fourth-order valence-corrected chi connectivity index (χ4v) is 4.70. The molecule has 0 aromatic rings. The Bertz CT molecular complexity index is 210. The van der Waals surface area contributed by atoms with E-state index in [1.165, 1.54) is 11.4 Å². The van der Waals surface area contributed by atoms with E-state index in [1.807, 2.05) is 0 Å². The van der Waals surface area contributed by atoms with Crippen LogP contribution in [-0.2, 0) is 25.6 Å². The van der Waals surface area contributed by atoms with Crippen molar-refractivity contribution in [3.8, 4) is 0 Å². The number of rotatable bonds is 12. The molecular formula is C9H19Cl2O3PS2. The fourth-order valence-electron chi connectivity index (χ4n) is 0.812. The first-order chi connectivity index (χ1) is 8.18. The van der Waals surface area contributed by atoms with E-state index in [2.05, 4.69) is 6.92 Å². The number of ether oxygens (including phenoxy) is 1. The second-order valence-electron chi connectivity index (χ2n) is 3.00. The van der Waals surface area contributed by atoms with E-state index >= 15 is 0 Å². The van der Waals surface area contributed by atoms with Crippen molar-refractivity contribution < 1.29 is 13.8 Å². The highest BCUT2D eigenvalue weighted by Gasteiger charge is 2.19. The van der Waals surface area contributed by atoms with Crippen LogP contribution in [-0.4, -0.2) is 37.5 Å². The highest BCUT2D eigenvalue weighted by molar-refractivity contribution is 8.67. The van der Waals surface area contributed by atoms with Gasteiger partial charge in [0.1, 0.15) is 5.94 Å². The van der Waals surface area contributed by atoms with Gasteiger partial charge >= 0.3 is 0 Å². The first kappa shape index (κ1) is 18.5. The average molecular weight is 341 g/mol. The van der Waals surface area contributed by atoms with E-state index in [0.29, 0.717) is 30.9 Å². The Kier molecular flexibility index (Phi) is 13.6. The van der Waals surface area contributed by atoms with Crippen molar-refractivity contribution >= 4 is 52.1 Å². The van der Waals surface area contributed by atoms with Crippen molar-refractivity contribution in [1.82, 2.24) is 0 Å². The molecule has 0 radical (unpaired) electrons. The Morgan fingerprint density at radius 1 is 1.12 bits per heavy atom. The summed E-state index contributed by atoms with van der Waals surface area (Å²) in [5, 5.41) is 0. The summed E-state index contributed by atoms with van der Waals surface area (Å²) >= 11 is 17.9. The van der Waals surface area contributed by atoms with Gasteiger partial charge in [0, 0.05) is 18.4 Å². The SMILES string of the molecule is CCCCOCSP(=S)(OCCCl)OCCCl. The third-order valence-electron chi connectivity index (χ3n) is 1.59. The van der Waals surface area contributed by atoms with Crippen LogP contribution in [0.1, 0.15) is 19.8 Å². The summed E-state index contributed by atoms with van der Waals surface area (Å²) in [5.41, 5.74) is -2.34. The zero-order chi connectivity index (χ0) is 13.0. The fraction of sp³-hybridized carbons (Fsp3) is 1.00. The highest BCUT2D eigenvalue weighted by atomic mass is 35.5. The van der Waals surface area contributed by atoms with Crippen molar-refractivity contribution in [3.63, 3.8) is 0 Å². The van der Waals surface area contributed by atoms with Crippen molar-refractivity contribution in [2.24, 2.45) is 0 Å². The summed E-state index contributed by atoms with van der Waals surface area (Å²) in [7, 11) is 0. The van der Waals surface area contributed by atoms with Gasteiger partial charge in [0.05, 0.1) is 13.2 Å². The van der Waals surface area contributed by atoms with Gasteiger partial charge in [-0.1, -0.05) is 13.3 Å². The van der Waals surface area contributed by atoms with Crippen molar-refractivity contribution in [2.45, 2.75) is 19.8 Å². The summed E-state index contributed by atoms with van der Waals surface area (Å²) in [4.78, 5) is 0. The van der Waals surface area contributed by atoms with Gasteiger partial charge in [0.2, 0.25) is 5.69 Å². The van der Waals surface area contributed by atoms with Crippen LogP contribution in [0.25, 0.3) is 0 Å². The van der Waals surface area contributed by atoms with E-state index in [0.717, 1.165) is 19.4 Å². The second kappa shape index (κ2) is 12.5. The van der Waals surface area contributed by atoms with Gasteiger partial charge in [0.25, 0.3) is 0 Å². The normalized spacial score (nSPS) is 11.9. The predicted octanol–water partition coefficient (Wildman–Crippen LogP) is 4.23. The van der Waals surface area contributed by atoms with Crippen LogP contribution in [0.2, 0.25) is 0 Å². The smallest absolute Gasteiger partial charge is 0.249 e. The molecule has 8 heteroatoms. The third kappa shape index (κ3) is 11.0. The van der Waals surface area contributed by atoms with Crippen molar-refractivity contribution in [3.05, 3.63) is 0 Å². The molecule has 104 valence electrons. The molecule has 0 amide bonds. The van der Waals surface area contributed by atoms with Crippen LogP contribution in [0.5, 0.6) is 0 Å². The Hall–Kier alpha value is 1.46. The molecule has 0 aliphatic heterocycles. The lowest BCUT2D eigenvalue weighted by Gasteiger charge is -2.20. The summed E-state index contributed by atoms with van der Waals surface area (Å²) in [6.45, 7) is 3.64. The summed E-state index contributed by atoms with van der Waals surface area (Å²) in [5.74, 6) is 1.29. The summed E-state index contributed by atoms with van der Waals surface area (Å²) < 4.78 is 16.4. The van der Waals surface area contributed by atoms with Gasteiger partial charge in [-0.3, -0.25) is 0 Å². The van der Waals surface area contributed by atoms with Crippen LogP contribution < -0.4 is 0 Å². The lowest BCUT2D eigenvalue weighted by Crippen LogP contribution is -2.00. The van der Waals surface area contributed by atoms with E-state index in [-0.39, 0.29) is 0 Å². The van der Waals surface area contributed by atoms with Crippen LogP contribution in [0, 0.1) is 0 Å². The second-order valence-corrected chi connectivity index (χ2v) is 10.0. The predicted molar refractivity (Wildman–Crippen MR) is 80.9 cm³/mol. The molecule has 17 heavy (non-hydrogen) atoms. The Labute approximate surface area is 123 Å². The molecule has 0 fully saturated rings. The van der Waals surface area contributed by atoms with Gasteiger partial charge in [-0.15, -0.1) is 23.2 Å². The van der Waals surface area contributed by atoms with Crippen LogP contribution in [0.3, 0.4) is 0 Å². The van der Waals surface area contributed by atoms with Crippen LogP contribution in [0.4, 0.5) is 0 Å².